The Morgan fingerprint density at radius 3 is 2.74 bits per heavy atom. The minimum atomic E-state index is 0.530. The predicted octanol–water partition coefficient (Wildman–Crippen LogP) is 5.12. The lowest BCUT2D eigenvalue weighted by Crippen LogP contribution is -2.27. The number of rotatable bonds is 6. The zero-order valence-corrected chi connectivity index (χ0v) is 19.7. The lowest BCUT2D eigenvalue weighted by Gasteiger charge is -2.23. The molecule has 5 heterocycles. The van der Waals surface area contributed by atoms with Gasteiger partial charge < -0.3 is 10.2 Å². The lowest BCUT2D eigenvalue weighted by atomic mass is 10.1. The standard InChI is InChI=1S/C27H31N7/c1-20-7-6-15-33(20)26-11-5-10-25(30-26)29-24-18-23(31-34-16-12-28-27(24)34)22-9-4-8-21(17-22)19-32-13-2-3-14-32/h4-5,8-12,16-18,20H,2-3,6-7,13-15,19H2,1H3,(H,29,30). The van der Waals surface area contributed by atoms with Crippen LogP contribution in [0.1, 0.15) is 38.2 Å². The summed E-state index contributed by atoms with van der Waals surface area (Å²) in [6.45, 7) is 6.72. The molecule has 1 unspecified atom stereocenters. The van der Waals surface area contributed by atoms with Gasteiger partial charge >= 0.3 is 0 Å². The number of hydrogen-bond acceptors (Lipinski definition) is 6. The lowest BCUT2D eigenvalue weighted by molar-refractivity contribution is 0.331. The summed E-state index contributed by atoms with van der Waals surface area (Å²) in [6, 6.07) is 17.6. The summed E-state index contributed by atoms with van der Waals surface area (Å²) in [4.78, 5) is 14.4. The molecule has 7 heteroatoms. The number of fused-ring (bicyclic) bond motifs is 1. The Balaban J connectivity index is 1.31. The van der Waals surface area contributed by atoms with Gasteiger partial charge in [-0.1, -0.05) is 24.3 Å². The van der Waals surface area contributed by atoms with E-state index >= 15 is 0 Å². The second-order valence-corrected chi connectivity index (χ2v) is 9.51. The number of imidazole rings is 1. The molecular weight excluding hydrogens is 422 g/mol. The van der Waals surface area contributed by atoms with E-state index in [0.29, 0.717) is 6.04 Å². The maximum atomic E-state index is 4.92. The number of likely N-dealkylation sites (tertiary alicyclic amines) is 1. The molecule has 0 bridgehead atoms. The fraction of sp³-hybridized carbons (Fsp3) is 0.370. The van der Waals surface area contributed by atoms with Crippen LogP contribution in [-0.2, 0) is 6.54 Å². The Labute approximate surface area is 200 Å². The molecule has 0 aliphatic carbocycles. The zero-order valence-electron chi connectivity index (χ0n) is 19.7. The predicted molar refractivity (Wildman–Crippen MR) is 136 cm³/mol. The molecule has 1 N–H and O–H groups in total. The molecular formula is C27H31N7. The third-order valence-corrected chi connectivity index (χ3v) is 7.03. The van der Waals surface area contributed by atoms with E-state index in [0.717, 1.165) is 47.3 Å². The quantitative estimate of drug-likeness (QED) is 0.437. The van der Waals surface area contributed by atoms with Gasteiger partial charge in [-0.15, -0.1) is 0 Å². The van der Waals surface area contributed by atoms with Crippen molar-refractivity contribution in [2.24, 2.45) is 0 Å². The van der Waals surface area contributed by atoms with Crippen molar-refractivity contribution in [2.75, 3.05) is 29.9 Å². The molecule has 2 saturated heterocycles. The molecule has 34 heavy (non-hydrogen) atoms. The van der Waals surface area contributed by atoms with Crippen LogP contribution in [0.3, 0.4) is 0 Å². The van der Waals surface area contributed by atoms with Gasteiger partial charge in [-0.25, -0.2) is 14.5 Å². The molecule has 1 aromatic carbocycles. The molecule has 0 radical (unpaired) electrons. The molecule has 0 spiro atoms. The van der Waals surface area contributed by atoms with E-state index in [2.05, 4.69) is 69.5 Å². The van der Waals surface area contributed by atoms with Crippen LogP contribution in [-0.4, -0.2) is 50.2 Å². The Morgan fingerprint density at radius 1 is 1.00 bits per heavy atom. The first kappa shape index (κ1) is 21.1. The largest absolute Gasteiger partial charge is 0.354 e. The van der Waals surface area contributed by atoms with Gasteiger partial charge in [0.2, 0.25) is 0 Å². The highest BCUT2D eigenvalue weighted by Crippen LogP contribution is 2.29. The smallest absolute Gasteiger partial charge is 0.177 e. The van der Waals surface area contributed by atoms with Crippen molar-refractivity contribution in [3.63, 3.8) is 0 Å². The van der Waals surface area contributed by atoms with Crippen molar-refractivity contribution in [2.45, 2.75) is 45.2 Å². The van der Waals surface area contributed by atoms with E-state index in [4.69, 9.17) is 10.1 Å². The molecule has 6 rings (SSSR count). The topological polar surface area (TPSA) is 61.6 Å². The maximum absolute atomic E-state index is 4.92. The number of hydrogen-bond donors (Lipinski definition) is 1. The Bertz CT molecular complexity index is 1290. The Kier molecular flexibility index (Phi) is 5.63. The second kappa shape index (κ2) is 9.06. The van der Waals surface area contributed by atoms with E-state index in [1.807, 2.05) is 16.8 Å². The van der Waals surface area contributed by atoms with Crippen molar-refractivity contribution in [1.29, 1.82) is 0 Å². The van der Waals surface area contributed by atoms with Gasteiger partial charge in [-0.3, -0.25) is 4.90 Å². The summed E-state index contributed by atoms with van der Waals surface area (Å²) < 4.78 is 1.84. The van der Waals surface area contributed by atoms with E-state index in [1.165, 1.54) is 44.3 Å². The average Bonchev–Trinajstić information content (AvgIpc) is 3.62. The third kappa shape index (κ3) is 4.23. The first-order chi connectivity index (χ1) is 16.7. The maximum Gasteiger partial charge on any atom is 0.177 e. The highest BCUT2D eigenvalue weighted by atomic mass is 15.3. The Hall–Kier alpha value is -3.45. The summed E-state index contributed by atoms with van der Waals surface area (Å²) in [5.41, 5.74) is 5.05. The van der Waals surface area contributed by atoms with Crippen LogP contribution in [0.4, 0.5) is 17.3 Å². The average molecular weight is 454 g/mol. The normalized spacial score (nSPS) is 18.7. The summed E-state index contributed by atoms with van der Waals surface area (Å²) in [7, 11) is 0. The molecule has 4 aromatic rings. The molecule has 2 aliphatic rings. The third-order valence-electron chi connectivity index (χ3n) is 7.03. The van der Waals surface area contributed by atoms with Gasteiger partial charge in [0.1, 0.15) is 11.6 Å². The van der Waals surface area contributed by atoms with Gasteiger partial charge in [0.15, 0.2) is 5.65 Å². The summed E-state index contributed by atoms with van der Waals surface area (Å²) >= 11 is 0. The fourth-order valence-corrected chi connectivity index (χ4v) is 5.24. The van der Waals surface area contributed by atoms with Gasteiger partial charge in [-0.05, 0) is 75.5 Å². The fourth-order valence-electron chi connectivity index (χ4n) is 5.24. The van der Waals surface area contributed by atoms with Crippen molar-refractivity contribution in [3.05, 3.63) is 66.5 Å². The van der Waals surface area contributed by atoms with E-state index in [-0.39, 0.29) is 0 Å². The highest BCUT2D eigenvalue weighted by molar-refractivity contribution is 5.77. The minimum absolute atomic E-state index is 0.530. The summed E-state index contributed by atoms with van der Waals surface area (Å²) in [6.07, 6.45) is 8.74. The molecule has 0 saturated carbocycles. The van der Waals surface area contributed by atoms with Gasteiger partial charge in [-0.2, -0.15) is 5.10 Å². The van der Waals surface area contributed by atoms with Gasteiger partial charge in [0, 0.05) is 37.1 Å². The van der Waals surface area contributed by atoms with E-state index < -0.39 is 0 Å². The number of anilines is 3. The van der Waals surface area contributed by atoms with Crippen LogP contribution in [0.5, 0.6) is 0 Å². The molecule has 174 valence electrons. The van der Waals surface area contributed by atoms with Gasteiger partial charge in [0.05, 0.1) is 11.4 Å². The summed E-state index contributed by atoms with van der Waals surface area (Å²) in [5.74, 6) is 1.85. The second-order valence-electron chi connectivity index (χ2n) is 9.51. The molecule has 3 aromatic heterocycles. The molecule has 1 atom stereocenters. The van der Waals surface area contributed by atoms with E-state index in [9.17, 15) is 0 Å². The first-order valence-corrected chi connectivity index (χ1v) is 12.4. The van der Waals surface area contributed by atoms with Crippen molar-refractivity contribution >= 4 is 23.0 Å². The molecule has 2 fully saturated rings. The molecule has 7 nitrogen and oxygen atoms in total. The number of aromatic nitrogens is 4. The first-order valence-electron chi connectivity index (χ1n) is 12.4. The van der Waals surface area contributed by atoms with Crippen LogP contribution < -0.4 is 10.2 Å². The zero-order chi connectivity index (χ0) is 22.9. The Morgan fingerprint density at radius 2 is 1.88 bits per heavy atom. The number of pyridine rings is 1. The van der Waals surface area contributed by atoms with Crippen LogP contribution in [0.2, 0.25) is 0 Å². The summed E-state index contributed by atoms with van der Waals surface area (Å²) in [5, 5.41) is 8.37. The van der Waals surface area contributed by atoms with Crippen molar-refractivity contribution in [3.8, 4) is 11.3 Å². The number of nitrogens with one attached hydrogen (secondary N) is 1. The molecule has 0 amide bonds. The minimum Gasteiger partial charge on any atom is -0.354 e. The van der Waals surface area contributed by atoms with Crippen LogP contribution >= 0.6 is 0 Å². The molecule has 2 aliphatic heterocycles. The monoisotopic (exact) mass is 453 g/mol. The highest BCUT2D eigenvalue weighted by Gasteiger charge is 2.21. The van der Waals surface area contributed by atoms with Crippen molar-refractivity contribution in [1.82, 2.24) is 24.5 Å². The number of benzene rings is 1. The van der Waals surface area contributed by atoms with E-state index in [1.54, 1.807) is 6.20 Å². The SMILES string of the molecule is CC1CCCN1c1cccc(Nc2cc(-c3cccc(CN4CCCC4)c3)nn3ccnc23)n1. The van der Waals surface area contributed by atoms with Crippen LogP contribution in [0, 0.1) is 0 Å². The number of nitrogens with zero attached hydrogens (tertiary/aromatic N) is 6. The van der Waals surface area contributed by atoms with Crippen molar-refractivity contribution < 1.29 is 0 Å². The van der Waals surface area contributed by atoms with Crippen LogP contribution in [0.25, 0.3) is 16.9 Å². The van der Waals surface area contributed by atoms with Gasteiger partial charge in [0.25, 0.3) is 0 Å². The van der Waals surface area contributed by atoms with Crippen LogP contribution in [0.15, 0.2) is 60.9 Å².